The Bertz CT molecular complexity index is 274. The van der Waals surface area contributed by atoms with Crippen LogP contribution in [-0.4, -0.2) is 34.6 Å². The number of likely N-dealkylation sites (N-methyl/N-ethyl adjacent to an activating group) is 1. The second-order valence-corrected chi connectivity index (χ2v) is 3.78. The molecule has 0 aliphatic rings. The summed E-state index contributed by atoms with van der Waals surface area (Å²) in [5.41, 5.74) is 0. The van der Waals surface area contributed by atoms with E-state index in [1.807, 2.05) is 12.3 Å². The zero-order chi connectivity index (χ0) is 9.84. The number of nitrogens with zero attached hydrogens (tertiary/aromatic N) is 2. The van der Waals surface area contributed by atoms with Gasteiger partial charge in [-0.3, -0.25) is 9.69 Å². The van der Waals surface area contributed by atoms with Crippen LogP contribution in [0.2, 0.25) is 0 Å². The summed E-state index contributed by atoms with van der Waals surface area (Å²) in [7, 11) is 1.78. The zero-order valence-corrected chi connectivity index (χ0v) is 8.41. The molecule has 0 fully saturated rings. The first-order valence-corrected chi connectivity index (χ1v) is 4.80. The van der Waals surface area contributed by atoms with E-state index >= 15 is 0 Å². The van der Waals surface area contributed by atoms with Crippen molar-refractivity contribution in [3.63, 3.8) is 0 Å². The molecule has 0 aromatic carbocycles. The van der Waals surface area contributed by atoms with E-state index in [9.17, 15) is 4.79 Å². The maximum Gasteiger partial charge on any atom is 0.317 e. The number of carboxylic acid groups (broad SMARTS) is 1. The lowest BCUT2D eigenvalue weighted by Crippen LogP contribution is -2.28. The molecule has 0 bridgehead atoms. The Morgan fingerprint density at radius 3 is 3.00 bits per heavy atom. The van der Waals surface area contributed by atoms with E-state index in [0.29, 0.717) is 0 Å². The van der Waals surface area contributed by atoms with Crippen LogP contribution < -0.4 is 0 Å². The third kappa shape index (κ3) is 2.78. The van der Waals surface area contributed by atoms with E-state index in [2.05, 4.69) is 4.98 Å². The molecule has 0 unspecified atom stereocenters. The highest BCUT2D eigenvalue weighted by Crippen LogP contribution is 2.19. The lowest BCUT2D eigenvalue weighted by atomic mass is 10.3. The summed E-state index contributed by atoms with van der Waals surface area (Å²) in [6, 6.07) is 0.0658. The maximum atomic E-state index is 10.4. The molecule has 1 atom stereocenters. The van der Waals surface area contributed by atoms with Gasteiger partial charge in [0.05, 0.1) is 12.6 Å². The summed E-state index contributed by atoms with van der Waals surface area (Å²) >= 11 is 1.54. The van der Waals surface area contributed by atoms with Crippen molar-refractivity contribution in [1.29, 1.82) is 0 Å². The summed E-state index contributed by atoms with van der Waals surface area (Å²) in [6.45, 7) is 1.99. The first-order valence-electron chi connectivity index (χ1n) is 3.92. The van der Waals surface area contributed by atoms with Crippen molar-refractivity contribution in [2.45, 2.75) is 13.0 Å². The fraction of sp³-hybridized carbons (Fsp3) is 0.500. The van der Waals surface area contributed by atoms with E-state index in [1.54, 1.807) is 29.5 Å². The van der Waals surface area contributed by atoms with E-state index in [1.165, 1.54) is 0 Å². The minimum Gasteiger partial charge on any atom is -0.480 e. The first kappa shape index (κ1) is 10.1. The molecular weight excluding hydrogens is 188 g/mol. The normalized spacial score (nSPS) is 13.2. The highest BCUT2D eigenvalue weighted by molar-refractivity contribution is 7.09. The molecule has 0 saturated heterocycles. The van der Waals surface area contributed by atoms with Crippen LogP contribution in [0.1, 0.15) is 18.0 Å². The van der Waals surface area contributed by atoms with Gasteiger partial charge in [-0.05, 0) is 14.0 Å². The van der Waals surface area contributed by atoms with Crippen LogP contribution in [0, 0.1) is 0 Å². The van der Waals surface area contributed by atoms with Crippen molar-refractivity contribution in [3.05, 3.63) is 16.6 Å². The lowest BCUT2D eigenvalue weighted by molar-refractivity contribution is -0.138. The van der Waals surface area contributed by atoms with Gasteiger partial charge in [-0.2, -0.15) is 0 Å². The number of carbonyl (C=O) groups is 1. The van der Waals surface area contributed by atoms with Crippen LogP contribution in [0.4, 0.5) is 0 Å². The Hall–Kier alpha value is -0.940. The quantitative estimate of drug-likeness (QED) is 0.794. The largest absolute Gasteiger partial charge is 0.480 e. The minimum absolute atomic E-state index is 0.0424. The second kappa shape index (κ2) is 4.34. The average Bonchev–Trinajstić information content (AvgIpc) is 2.53. The Morgan fingerprint density at radius 2 is 2.54 bits per heavy atom. The standard InChI is InChI=1S/C8H12N2O2S/c1-6(8-9-3-4-13-8)10(2)5-7(11)12/h3-4,6H,5H2,1-2H3,(H,11,12)/t6-/m0/s1. The molecule has 4 nitrogen and oxygen atoms in total. The first-order chi connectivity index (χ1) is 6.11. The average molecular weight is 200 g/mol. The SMILES string of the molecule is C[C@@H](c1nccs1)N(C)CC(=O)O. The van der Waals surface area contributed by atoms with E-state index < -0.39 is 5.97 Å². The molecule has 0 amide bonds. The minimum atomic E-state index is -0.814. The number of carboxylic acids is 1. The number of thiazole rings is 1. The third-order valence-electron chi connectivity index (χ3n) is 1.85. The van der Waals surface area contributed by atoms with E-state index in [4.69, 9.17) is 5.11 Å². The van der Waals surface area contributed by atoms with Crippen molar-refractivity contribution in [3.8, 4) is 0 Å². The molecule has 1 heterocycles. The Balaban J connectivity index is 2.57. The predicted octanol–water partition coefficient (Wildman–Crippen LogP) is 1.22. The molecule has 5 heteroatoms. The fourth-order valence-electron chi connectivity index (χ4n) is 0.980. The van der Waals surface area contributed by atoms with Crippen molar-refractivity contribution in [2.24, 2.45) is 0 Å². The van der Waals surface area contributed by atoms with Gasteiger partial charge in [-0.1, -0.05) is 0 Å². The van der Waals surface area contributed by atoms with Gasteiger partial charge < -0.3 is 5.11 Å². The topological polar surface area (TPSA) is 53.4 Å². The summed E-state index contributed by atoms with van der Waals surface area (Å²) in [5, 5.41) is 11.4. The molecule has 1 aromatic heterocycles. The highest BCUT2D eigenvalue weighted by atomic mass is 32.1. The zero-order valence-electron chi connectivity index (χ0n) is 7.60. The van der Waals surface area contributed by atoms with Crippen molar-refractivity contribution < 1.29 is 9.90 Å². The van der Waals surface area contributed by atoms with Gasteiger partial charge in [0.2, 0.25) is 0 Å². The number of hydrogen-bond donors (Lipinski definition) is 1. The fourth-order valence-corrected chi connectivity index (χ4v) is 1.74. The molecular formula is C8H12N2O2S. The molecule has 0 radical (unpaired) electrons. The van der Waals surface area contributed by atoms with Crippen LogP contribution in [0.25, 0.3) is 0 Å². The predicted molar refractivity (Wildman–Crippen MR) is 50.8 cm³/mol. The number of aromatic nitrogens is 1. The molecule has 72 valence electrons. The van der Waals surface area contributed by atoms with Gasteiger partial charge in [0.15, 0.2) is 0 Å². The highest BCUT2D eigenvalue weighted by Gasteiger charge is 2.15. The monoisotopic (exact) mass is 200 g/mol. The molecule has 0 aliphatic carbocycles. The Labute approximate surface area is 80.8 Å². The third-order valence-corrected chi connectivity index (χ3v) is 2.80. The van der Waals surface area contributed by atoms with Crippen LogP contribution in [0.15, 0.2) is 11.6 Å². The molecule has 1 rings (SSSR count). The smallest absolute Gasteiger partial charge is 0.317 e. The van der Waals surface area contributed by atoms with Crippen LogP contribution in [0.3, 0.4) is 0 Å². The summed E-state index contributed by atoms with van der Waals surface area (Å²) in [5.74, 6) is -0.814. The van der Waals surface area contributed by atoms with E-state index in [0.717, 1.165) is 5.01 Å². The molecule has 0 aliphatic heterocycles. The van der Waals surface area contributed by atoms with E-state index in [-0.39, 0.29) is 12.6 Å². The van der Waals surface area contributed by atoms with Gasteiger partial charge in [0.1, 0.15) is 5.01 Å². The van der Waals surface area contributed by atoms with Crippen molar-refractivity contribution in [2.75, 3.05) is 13.6 Å². The summed E-state index contributed by atoms with van der Waals surface area (Å²) in [6.07, 6.45) is 1.73. The summed E-state index contributed by atoms with van der Waals surface area (Å²) < 4.78 is 0. The summed E-state index contributed by atoms with van der Waals surface area (Å²) in [4.78, 5) is 16.3. The molecule has 0 saturated carbocycles. The molecule has 13 heavy (non-hydrogen) atoms. The van der Waals surface area contributed by atoms with Gasteiger partial charge in [-0.25, -0.2) is 4.98 Å². The van der Waals surface area contributed by atoms with Gasteiger partial charge >= 0.3 is 5.97 Å². The molecule has 1 N–H and O–H groups in total. The molecule has 0 spiro atoms. The lowest BCUT2D eigenvalue weighted by Gasteiger charge is -2.20. The van der Waals surface area contributed by atoms with Gasteiger partial charge in [-0.15, -0.1) is 11.3 Å². The molecule has 1 aromatic rings. The number of rotatable bonds is 4. The van der Waals surface area contributed by atoms with Gasteiger partial charge in [0.25, 0.3) is 0 Å². The second-order valence-electron chi connectivity index (χ2n) is 2.86. The van der Waals surface area contributed by atoms with Crippen LogP contribution >= 0.6 is 11.3 Å². The van der Waals surface area contributed by atoms with Crippen LogP contribution in [-0.2, 0) is 4.79 Å². The van der Waals surface area contributed by atoms with Crippen LogP contribution in [0.5, 0.6) is 0 Å². The Kier molecular flexibility index (Phi) is 3.39. The maximum absolute atomic E-state index is 10.4. The Morgan fingerprint density at radius 1 is 1.85 bits per heavy atom. The van der Waals surface area contributed by atoms with Crippen molar-refractivity contribution >= 4 is 17.3 Å². The number of aliphatic carboxylic acids is 1. The number of hydrogen-bond acceptors (Lipinski definition) is 4. The van der Waals surface area contributed by atoms with Crippen molar-refractivity contribution in [1.82, 2.24) is 9.88 Å². The van der Waals surface area contributed by atoms with Gasteiger partial charge in [0, 0.05) is 11.6 Å².